The molecule has 0 atom stereocenters. The number of nitrogens with one attached hydrogen (secondary N) is 1. The van der Waals surface area contributed by atoms with E-state index in [1.807, 2.05) is 4.90 Å². The molecule has 3 rings (SSSR count). The maximum absolute atomic E-state index is 12.6. The van der Waals surface area contributed by atoms with Crippen LogP contribution in [0.25, 0.3) is 0 Å². The molecule has 0 aromatic heterocycles. The van der Waals surface area contributed by atoms with Gasteiger partial charge in [0.1, 0.15) is 0 Å². The van der Waals surface area contributed by atoms with Crippen LogP contribution < -0.4 is 5.32 Å². The SMILES string of the molecule is CS(=O)(=O)c1ccc(NC(=O)N2CCCN(C(=O)CC3CCCC3)CC2)cc1. The molecule has 28 heavy (non-hydrogen) atoms. The average Bonchev–Trinajstić information content (AvgIpc) is 3.02. The minimum Gasteiger partial charge on any atom is -0.341 e. The first-order chi connectivity index (χ1) is 13.3. The van der Waals surface area contributed by atoms with Crippen LogP contribution in [-0.4, -0.2) is 62.6 Å². The number of hydrogen-bond donors (Lipinski definition) is 1. The first-order valence-electron chi connectivity index (χ1n) is 9.97. The van der Waals surface area contributed by atoms with E-state index in [2.05, 4.69) is 5.32 Å². The standard InChI is InChI=1S/C20H29N3O4S/c1-28(26,27)18-9-7-17(8-10-18)21-20(25)23-12-4-11-22(13-14-23)19(24)15-16-5-2-3-6-16/h7-10,16H,2-6,11-15H2,1H3,(H,21,25). The number of rotatable bonds is 4. The number of carbonyl (C=O) groups is 2. The van der Waals surface area contributed by atoms with Crippen molar-refractivity contribution in [1.29, 1.82) is 0 Å². The van der Waals surface area contributed by atoms with Gasteiger partial charge in [-0.1, -0.05) is 12.8 Å². The Kier molecular flexibility index (Phi) is 6.59. The van der Waals surface area contributed by atoms with Crippen molar-refractivity contribution >= 4 is 27.5 Å². The van der Waals surface area contributed by atoms with Crippen molar-refractivity contribution in [3.05, 3.63) is 24.3 Å². The van der Waals surface area contributed by atoms with Crippen molar-refractivity contribution < 1.29 is 18.0 Å². The van der Waals surface area contributed by atoms with E-state index in [0.717, 1.165) is 25.5 Å². The molecule has 2 aliphatic rings. The lowest BCUT2D eigenvalue weighted by atomic mass is 10.0. The molecule has 2 fully saturated rings. The van der Waals surface area contributed by atoms with Gasteiger partial charge in [-0.15, -0.1) is 0 Å². The van der Waals surface area contributed by atoms with E-state index in [4.69, 9.17) is 0 Å². The summed E-state index contributed by atoms with van der Waals surface area (Å²) in [7, 11) is -3.26. The number of anilines is 1. The Balaban J connectivity index is 1.51. The van der Waals surface area contributed by atoms with Crippen LogP contribution in [0.4, 0.5) is 10.5 Å². The van der Waals surface area contributed by atoms with Crippen LogP contribution in [0.5, 0.6) is 0 Å². The monoisotopic (exact) mass is 407 g/mol. The summed E-state index contributed by atoms with van der Waals surface area (Å²) in [4.78, 5) is 28.9. The van der Waals surface area contributed by atoms with Crippen LogP contribution in [0.3, 0.4) is 0 Å². The molecule has 1 aliphatic carbocycles. The van der Waals surface area contributed by atoms with Crippen LogP contribution in [0.1, 0.15) is 38.5 Å². The van der Waals surface area contributed by atoms with Gasteiger partial charge in [-0.25, -0.2) is 13.2 Å². The van der Waals surface area contributed by atoms with Gasteiger partial charge in [0.15, 0.2) is 9.84 Å². The number of nitrogens with zero attached hydrogens (tertiary/aromatic N) is 2. The molecule has 1 saturated heterocycles. The number of carbonyl (C=O) groups excluding carboxylic acids is 2. The van der Waals surface area contributed by atoms with Crippen molar-refractivity contribution in [2.24, 2.45) is 5.92 Å². The first kappa shape index (κ1) is 20.6. The molecule has 1 aliphatic heterocycles. The van der Waals surface area contributed by atoms with Crippen LogP contribution in [0.2, 0.25) is 0 Å². The maximum Gasteiger partial charge on any atom is 0.321 e. The fourth-order valence-electron chi connectivity index (χ4n) is 3.95. The number of sulfone groups is 1. The molecule has 8 heteroatoms. The van der Waals surface area contributed by atoms with Gasteiger partial charge in [0.25, 0.3) is 0 Å². The molecule has 0 unspecified atom stereocenters. The van der Waals surface area contributed by atoms with E-state index in [-0.39, 0.29) is 16.8 Å². The van der Waals surface area contributed by atoms with Gasteiger partial charge in [-0.05, 0) is 49.4 Å². The van der Waals surface area contributed by atoms with Gasteiger partial charge in [-0.2, -0.15) is 0 Å². The van der Waals surface area contributed by atoms with E-state index in [9.17, 15) is 18.0 Å². The summed E-state index contributed by atoms with van der Waals surface area (Å²) in [6, 6.07) is 5.91. The second-order valence-electron chi connectivity index (χ2n) is 7.80. The van der Waals surface area contributed by atoms with Gasteiger partial charge in [0.05, 0.1) is 4.90 Å². The average molecular weight is 408 g/mol. The highest BCUT2D eigenvalue weighted by Crippen LogP contribution is 2.28. The molecule has 154 valence electrons. The Hall–Kier alpha value is -2.09. The summed E-state index contributed by atoms with van der Waals surface area (Å²) in [5, 5.41) is 2.81. The number of benzene rings is 1. The predicted molar refractivity (Wildman–Crippen MR) is 108 cm³/mol. The third-order valence-corrected chi connectivity index (χ3v) is 6.74. The zero-order valence-corrected chi connectivity index (χ0v) is 17.2. The Bertz CT molecular complexity index is 801. The van der Waals surface area contributed by atoms with Crippen molar-refractivity contribution in [3.8, 4) is 0 Å². The van der Waals surface area contributed by atoms with Gasteiger partial charge in [-0.3, -0.25) is 4.79 Å². The summed E-state index contributed by atoms with van der Waals surface area (Å²) in [6.45, 7) is 2.36. The number of urea groups is 1. The van der Waals surface area contributed by atoms with Crippen LogP contribution >= 0.6 is 0 Å². The highest BCUT2D eigenvalue weighted by molar-refractivity contribution is 7.90. The quantitative estimate of drug-likeness (QED) is 0.831. The topological polar surface area (TPSA) is 86.8 Å². The summed E-state index contributed by atoms with van der Waals surface area (Å²) >= 11 is 0. The highest BCUT2D eigenvalue weighted by atomic mass is 32.2. The smallest absolute Gasteiger partial charge is 0.321 e. The summed E-state index contributed by atoms with van der Waals surface area (Å²) in [5.74, 6) is 0.746. The summed E-state index contributed by atoms with van der Waals surface area (Å²) in [6.07, 6.45) is 7.33. The second-order valence-corrected chi connectivity index (χ2v) is 9.82. The van der Waals surface area contributed by atoms with E-state index < -0.39 is 9.84 Å². The minimum atomic E-state index is -3.26. The molecule has 0 radical (unpaired) electrons. The van der Waals surface area contributed by atoms with E-state index in [0.29, 0.717) is 44.2 Å². The molecule has 3 amide bonds. The predicted octanol–water partition coefficient (Wildman–Crippen LogP) is 2.74. The molecule has 1 heterocycles. The molecule has 0 bridgehead atoms. The van der Waals surface area contributed by atoms with E-state index in [1.165, 1.54) is 25.0 Å². The van der Waals surface area contributed by atoms with Gasteiger partial charge in [0, 0.05) is 44.5 Å². The lowest BCUT2D eigenvalue weighted by Gasteiger charge is -2.23. The molecule has 1 saturated carbocycles. The molecule has 1 aromatic rings. The van der Waals surface area contributed by atoms with Gasteiger partial charge in [0.2, 0.25) is 5.91 Å². The lowest BCUT2D eigenvalue weighted by Crippen LogP contribution is -2.39. The molecule has 1 aromatic carbocycles. The molecular weight excluding hydrogens is 378 g/mol. The summed E-state index contributed by atoms with van der Waals surface area (Å²) in [5.41, 5.74) is 0.552. The van der Waals surface area contributed by atoms with Crippen molar-refractivity contribution in [2.45, 2.75) is 43.4 Å². The Morgan fingerprint density at radius 3 is 2.21 bits per heavy atom. The molecule has 0 spiro atoms. The van der Waals surface area contributed by atoms with Gasteiger partial charge < -0.3 is 15.1 Å². The Morgan fingerprint density at radius 2 is 1.57 bits per heavy atom. The number of hydrogen-bond acceptors (Lipinski definition) is 4. The minimum absolute atomic E-state index is 0.213. The fraction of sp³-hybridized carbons (Fsp3) is 0.600. The number of amides is 3. The molecule has 7 nitrogen and oxygen atoms in total. The Morgan fingerprint density at radius 1 is 0.964 bits per heavy atom. The van der Waals surface area contributed by atoms with Crippen molar-refractivity contribution in [2.75, 3.05) is 37.8 Å². The van der Waals surface area contributed by atoms with Crippen molar-refractivity contribution in [1.82, 2.24) is 9.80 Å². The van der Waals surface area contributed by atoms with Gasteiger partial charge >= 0.3 is 6.03 Å². The van der Waals surface area contributed by atoms with E-state index in [1.54, 1.807) is 17.0 Å². The largest absolute Gasteiger partial charge is 0.341 e. The lowest BCUT2D eigenvalue weighted by molar-refractivity contribution is -0.132. The van der Waals surface area contributed by atoms with E-state index >= 15 is 0 Å². The zero-order valence-electron chi connectivity index (χ0n) is 16.4. The normalized spacial score (nSPS) is 18.8. The second kappa shape index (κ2) is 8.94. The summed E-state index contributed by atoms with van der Waals surface area (Å²) < 4.78 is 23.0. The molecule has 1 N–H and O–H groups in total. The maximum atomic E-state index is 12.6. The zero-order chi connectivity index (χ0) is 20.1. The third-order valence-electron chi connectivity index (χ3n) is 5.61. The Labute approximate surface area is 167 Å². The van der Waals surface area contributed by atoms with Crippen LogP contribution in [-0.2, 0) is 14.6 Å². The molecular formula is C20H29N3O4S. The highest BCUT2D eigenvalue weighted by Gasteiger charge is 2.25. The first-order valence-corrected chi connectivity index (χ1v) is 11.9. The van der Waals surface area contributed by atoms with Crippen LogP contribution in [0.15, 0.2) is 29.2 Å². The fourth-order valence-corrected chi connectivity index (χ4v) is 4.58. The van der Waals surface area contributed by atoms with Crippen LogP contribution in [0, 0.1) is 5.92 Å². The van der Waals surface area contributed by atoms with Crippen molar-refractivity contribution in [3.63, 3.8) is 0 Å². The third kappa shape index (κ3) is 5.47.